The van der Waals surface area contributed by atoms with Crippen LogP contribution >= 0.6 is 0 Å². The van der Waals surface area contributed by atoms with E-state index in [1.165, 1.54) is 19.1 Å². The quantitative estimate of drug-likeness (QED) is 0.838. The second kappa shape index (κ2) is 6.17. The number of hydrogen-bond acceptors (Lipinski definition) is 2. The molecule has 0 atom stereocenters. The summed E-state index contributed by atoms with van der Waals surface area (Å²) in [6.07, 6.45) is 0. The fourth-order valence-corrected chi connectivity index (χ4v) is 1.89. The predicted molar refractivity (Wildman–Crippen MR) is 80.2 cm³/mol. The highest BCUT2D eigenvalue weighted by atomic mass is 19.1. The summed E-state index contributed by atoms with van der Waals surface area (Å²) in [6.45, 7) is 3.22. The lowest BCUT2D eigenvalue weighted by Gasteiger charge is -2.09. The Morgan fingerprint density at radius 3 is 2.14 bits per heavy atom. The van der Waals surface area contributed by atoms with Gasteiger partial charge in [-0.2, -0.15) is 0 Å². The molecular weight excluding hydrogens is 271 g/mol. The molecular formula is C16H15FN2O2. The van der Waals surface area contributed by atoms with Crippen LogP contribution in [0.1, 0.15) is 22.8 Å². The van der Waals surface area contributed by atoms with Gasteiger partial charge in [0.1, 0.15) is 5.82 Å². The van der Waals surface area contributed by atoms with Crippen LogP contribution in [0.15, 0.2) is 42.5 Å². The lowest BCUT2D eigenvalue weighted by atomic mass is 10.1. The number of hydrogen-bond donors (Lipinski definition) is 2. The van der Waals surface area contributed by atoms with E-state index in [9.17, 15) is 14.0 Å². The fourth-order valence-electron chi connectivity index (χ4n) is 1.89. The van der Waals surface area contributed by atoms with Crippen LogP contribution in [-0.2, 0) is 0 Å². The number of rotatable bonds is 3. The second-order valence-corrected chi connectivity index (χ2v) is 4.73. The Labute approximate surface area is 122 Å². The molecule has 2 aromatic carbocycles. The van der Waals surface area contributed by atoms with Gasteiger partial charge in [0.05, 0.1) is 0 Å². The molecule has 0 saturated carbocycles. The van der Waals surface area contributed by atoms with Crippen molar-refractivity contribution in [2.75, 3.05) is 10.6 Å². The molecule has 2 aromatic rings. The van der Waals surface area contributed by atoms with Crippen molar-refractivity contribution in [3.8, 4) is 0 Å². The minimum Gasteiger partial charge on any atom is -0.308 e. The van der Waals surface area contributed by atoms with Crippen molar-refractivity contribution >= 4 is 23.2 Å². The third kappa shape index (κ3) is 4.14. The van der Waals surface area contributed by atoms with E-state index < -0.39 is 11.8 Å². The Morgan fingerprint density at radius 1 is 0.952 bits per heavy atom. The molecule has 108 valence electrons. The van der Waals surface area contributed by atoms with Gasteiger partial charge in [-0.1, -0.05) is 0 Å². The maximum Gasteiger partial charge on any atom is 0.323 e. The second-order valence-electron chi connectivity index (χ2n) is 4.73. The normalized spacial score (nSPS) is 10.0. The zero-order valence-electron chi connectivity index (χ0n) is 11.7. The molecule has 4 nitrogen and oxygen atoms in total. The number of halogens is 1. The average molecular weight is 286 g/mol. The van der Waals surface area contributed by atoms with Gasteiger partial charge in [0.2, 0.25) is 0 Å². The number of carbonyl (C=O) groups is 2. The summed E-state index contributed by atoms with van der Waals surface area (Å²) in [6, 6.07) is 10.3. The number of Topliss-reactive ketones (excluding diaryl/α,β-unsaturated/α-hetero) is 1. The highest BCUT2D eigenvalue weighted by molar-refractivity contribution is 6.00. The van der Waals surface area contributed by atoms with E-state index in [1.807, 2.05) is 0 Å². The van der Waals surface area contributed by atoms with Crippen molar-refractivity contribution in [2.24, 2.45) is 0 Å². The standard InChI is InChI=1S/C16H15FN2O2/c1-10-7-13(17)9-15(8-10)19-16(21)18-14-5-3-12(4-6-14)11(2)20/h3-9H,1-2H3,(H2,18,19,21). The van der Waals surface area contributed by atoms with Crippen LogP contribution in [0.2, 0.25) is 0 Å². The minimum absolute atomic E-state index is 0.0405. The van der Waals surface area contributed by atoms with E-state index in [0.717, 1.165) is 5.56 Å². The summed E-state index contributed by atoms with van der Waals surface area (Å²) >= 11 is 0. The monoisotopic (exact) mass is 286 g/mol. The van der Waals surface area contributed by atoms with E-state index in [0.29, 0.717) is 16.9 Å². The van der Waals surface area contributed by atoms with Crippen molar-refractivity contribution in [3.05, 3.63) is 59.4 Å². The van der Waals surface area contributed by atoms with E-state index >= 15 is 0 Å². The van der Waals surface area contributed by atoms with E-state index in [1.54, 1.807) is 37.3 Å². The molecule has 0 spiro atoms. The third-order valence-electron chi connectivity index (χ3n) is 2.85. The van der Waals surface area contributed by atoms with Crippen LogP contribution in [0.5, 0.6) is 0 Å². The predicted octanol–water partition coefficient (Wildman–Crippen LogP) is 3.98. The van der Waals surface area contributed by atoms with Crippen molar-refractivity contribution in [1.82, 2.24) is 0 Å². The number of nitrogens with one attached hydrogen (secondary N) is 2. The molecule has 2 amide bonds. The Morgan fingerprint density at radius 2 is 1.57 bits per heavy atom. The Balaban J connectivity index is 2.02. The van der Waals surface area contributed by atoms with Crippen LogP contribution in [0.4, 0.5) is 20.6 Å². The number of anilines is 2. The highest BCUT2D eigenvalue weighted by Gasteiger charge is 2.05. The van der Waals surface area contributed by atoms with Gasteiger partial charge < -0.3 is 10.6 Å². The maximum absolute atomic E-state index is 13.2. The molecule has 5 heteroatoms. The van der Waals surface area contributed by atoms with Gasteiger partial charge in [-0.3, -0.25) is 4.79 Å². The largest absolute Gasteiger partial charge is 0.323 e. The van der Waals surface area contributed by atoms with Crippen LogP contribution < -0.4 is 10.6 Å². The number of ketones is 1. The lowest BCUT2D eigenvalue weighted by Crippen LogP contribution is -2.19. The number of amides is 2. The molecule has 0 bridgehead atoms. The topological polar surface area (TPSA) is 58.2 Å². The summed E-state index contributed by atoms with van der Waals surface area (Å²) in [5.41, 5.74) is 2.22. The molecule has 2 N–H and O–H groups in total. The first kappa shape index (κ1) is 14.7. The molecule has 0 aliphatic rings. The van der Waals surface area contributed by atoms with E-state index in [4.69, 9.17) is 0 Å². The minimum atomic E-state index is -0.476. The Hall–Kier alpha value is -2.69. The Kier molecular flexibility index (Phi) is 4.33. The van der Waals surface area contributed by atoms with Crippen LogP contribution in [0.25, 0.3) is 0 Å². The summed E-state index contributed by atoms with van der Waals surface area (Å²) in [5.74, 6) is -0.447. The van der Waals surface area contributed by atoms with Gasteiger partial charge in [0.25, 0.3) is 0 Å². The van der Waals surface area contributed by atoms with Crippen molar-refractivity contribution in [3.63, 3.8) is 0 Å². The molecule has 0 aromatic heterocycles. The average Bonchev–Trinajstić information content (AvgIpc) is 2.37. The molecule has 21 heavy (non-hydrogen) atoms. The van der Waals surface area contributed by atoms with Crippen molar-refractivity contribution < 1.29 is 14.0 Å². The van der Waals surface area contributed by atoms with Crippen LogP contribution in [-0.4, -0.2) is 11.8 Å². The SMILES string of the molecule is CC(=O)c1ccc(NC(=O)Nc2cc(C)cc(F)c2)cc1. The van der Waals surface area contributed by atoms with Gasteiger partial charge in [-0.05, 0) is 61.9 Å². The van der Waals surface area contributed by atoms with Crippen molar-refractivity contribution in [1.29, 1.82) is 0 Å². The molecule has 0 heterocycles. The maximum atomic E-state index is 13.2. The van der Waals surface area contributed by atoms with Gasteiger partial charge in [0, 0.05) is 16.9 Å². The number of aryl methyl sites for hydroxylation is 1. The third-order valence-corrected chi connectivity index (χ3v) is 2.85. The highest BCUT2D eigenvalue weighted by Crippen LogP contribution is 2.14. The smallest absolute Gasteiger partial charge is 0.308 e. The Bertz CT molecular complexity index is 661. The molecule has 0 radical (unpaired) electrons. The van der Waals surface area contributed by atoms with Gasteiger partial charge >= 0.3 is 6.03 Å². The molecule has 2 rings (SSSR count). The van der Waals surface area contributed by atoms with Crippen LogP contribution in [0.3, 0.4) is 0 Å². The first-order chi connectivity index (χ1) is 9.94. The van der Waals surface area contributed by atoms with Crippen LogP contribution in [0, 0.1) is 12.7 Å². The summed E-state index contributed by atoms with van der Waals surface area (Å²) < 4.78 is 13.2. The summed E-state index contributed by atoms with van der Waals surface area (Å²) in [7, 11) is 0. The molecule has 0 saturated heterocycles. The molecule has 0 aliphatic carbocycles. The zero-order valence-corrected chi connectivity index (χ0v) is 11.7. The van der Waals surface area contributed by atoms with E-state index in [2.05, 4.69) is 10.6 Å². The molecule has 0 fully saturated rings. The number of urea groups is 1. The zero-order chi connectivity index (χ0) is 15.4. The summed E-state index contributed by atoms with van der Waals surface area (Å²) in [5, 5.41) is 5.16. The van der Waals surface area contributed by atoms with Crippen molar-refractivity contribution in [2.45, 2.75) is 13.8 Å². The van der Waals surface area contributed by atoms with E-state index in [-0.39, 0.29) is 5.78 Å². The van der Waals surface area contributed by atoms with Gasteiger partial charge in [0.15, 0.2) is 5.78 Å². The lowest BCUT2D eigenvalue weighted by molar-refractivity contribution is 0.101. The van der Waals surface area contributed by atoms with Gasteiger partial charge in [-0.15, -0.1) is 0 Å². The molecule has 0 unspecified atom stereocenters. The summed E-state index contributed by atoms with van der Waals surface area (Å²) in [4.78, 5) is 23.0. The fraction of sp³-hybridized carbons (Fsp3) is 0.125. The first-order valence-electron chi connectivity index (χ1n) is 6.40. The molecule has 0 aliphatic heterocycles. The first-order valence-corrected chi connectivity index (χ1v) is 6.40. The number of carbonyl (C=O) groups excluding carboxylic acids is 2. The number of benzene rings is 2. The van der Waals surface area contributed by atoms with Gasteiger partial charge in [-0.25, -0.2) is 9.18 Å².